The zero-order valence-electron chi connectivity index (χ0n) is 22.7. The Morgan fingerprint density at radius 3 is 1.50 bits per heavy atom. The minimum absolute atomic E-state index is 0.156. The van der Waals surface area contributed by atoms with E-state index in [4.69, 9.17) is 0 Å². The second kappa shape index (κ2) is 8.56. The van der Waals surface area contributed by atoms with Crippen molar-refractivity contribution in [2.45, 2.75) is 19.3 Å². The molecule has 0 unspecified atom stereocenters. The molecule has 1 nitrogen and oxygen atoms in total. The lowest BCUT2D eigenvalue weighted by Gasteiger charge is -2.32. The van der Waals surface area contributed by atoms with E-state index in [0.29, 0.717) is 0 Å². The van der Waals surface area contributed by atoms with Crippen molar-refractivity contribution in [3.8, 4) is 11.1 Å². The largest absolute Gasteiger partial charge is 0.310 e. The Morgan fingerprint density at radius 2 is 0.925 bits per heavy atom. The SMILES string of the molecule is CC1(C)c2cc3ccccc3cc2-c2cccc(N(c3ccc4ccccc4c3)c3ccc4ccccc4c3)c21. The summed E-state index contributed by atoms with van der Waals surface area (Å²) in [6.45, 7) is 4.77. The van der Waals surface area contributed by atoms with Crippen LogP contribution >= 0.6 is 0 Å². The van der Waals surface area contributed by atoms with Gasteiger partial charge < -0.3 is 4.90 Å². The van der Waals surface area contributed by atoms with E-state index in [1.807, 2.05) is 0 Å². The zero-order valence-corrected chi connectivity index (χ0v) is 22.7. The van der Waals surface area contributed by atoms with Crippen molar-refractivity contribution >= 4 is 49.4 Å². The third kappa shape index (κ3) is 3.41. The summed E-state index contributed by atoms with van der Waals surface area (Å²) in [5.74, 6) is 0. The molecule has 0 bridgehead atoms. The second-order valence-electron chi connectivity index (χ2n) is 11.5. The highest BCUT2D eigenvalue weighted by atomic mass is 15.1. The summed E-state index contributed by atoms with van der Waals surface area (Å²) in [5, 5.41) is 7.57. The van der Waals surface area contributed by atoms with Crippen LogP contribution in [0.15, 0.2) is 140 Å². The summed E-state index contributed by atoms with van der Waals surface area (Å²) < 4.78 is 0. The fraction of sp³-hybridized carbons (Fsp3) is 0.0769. The Kier molecular flexibility index (Phi) is 4.93. The van der Waals surface area contributed by atoms with E-state index in [1.165, 1.54) is 71.6 Å². The fourth-order valence-corrected chi connectivity index (χ4v) is 6.78. The van der Waals surface area contributed by atoms with E-state index < -0.39 is 0 Å². The third-order valence-corrected chi connectivity index (χ3v) is 8.74. The molecule has 1 heteroatoms. The maximum atomic E-state index is 2.46. The van der Waals surface area contributed by atoms with Crippen molar-refractivity contribution in [2.75, 3.05) is 4.90 Å². The molecule has 40 heavy (non-hydrogen) atoms. The van der Waals surface area contributed by atoms with E-state index in [0.717, 1.165) is 0 Å². The van der Waals surface area contributed by atoms with Crippen LogP contribution in [0.3, 0.4) is 0 Å². The minimum Gasteiger partial charge on any atom is -0.310 e. The summed E-state index contributed by atoms with van der Waals surface area (Å²) in [6, 6.07) is 51.3. The highest BCUT2D eigenvalue weighted by molar-refractivity contribution is 5.98. The molecule has 0 aliphatic heterocycles. The molecule has 0 fully saturated rings. The molecule has 7 aromatic carbocycles. The van der Waals surface area contributed by atoms with Gasteiger partial charge in [-0.3, -0.25) is 0 Å². The van der Waals surface area contributed by atoms with E-state index in [-0.39, 0.29) is 5.41 Å². The number of hydrogen-bond acceptors (Lipinski definition) is 1. The molecule has 0 atom stereocenters. The summed E-state index contributed by atoms with van der Waals surface area (Å²) in [7, 11) is 0. The molecular weight excluding hydrogens is 482 g/mol. The second-order valence-corrected chi connectivity index (χ2v) is 11.5. The molecule has 0 saturated heterocycles. The molecule has 0 heterocycles. The highest BCUT2D eigenvalue weighted by Crippen LogP contribution is 2.55. The van der Waals surface area contributed by atoms with E-state index in [9.17, 15) is 0 Å². The lowest BCUT2D eigenvalue weighted by atomic mass is 9.80. The average Bonchev–Trinajstić information content (AvgIpc) is 3.22. The lowest BCUT2D eigenvalue weighted by Crippen LogP contribution is -2.20. The number of benzene rings is 7. The molecule has 8 rings (SSSR count). The molecule has 0 radical (unpaired) electrons. The van der Waals surface area contributed by atoms with E-state index in [1.54, 1.807) is 0 Å². The summed E-state index contributed by atoms with van der Waals surface area (Å²) in [5.41, 5.74) is 8.85. The van der Waals surface area contributed by atoms with Crippen molar-refractivity contribution in [1.29, 1.82) is 0 Å². The van der Waals surface area contributed by atoms with Crippen LogP contribution < -0.4 is 4.90 Å². The van der Waals surface area contributed by atoms with Gasteiger partial charge in [0.25, 0.3) is 0 Å². The first-order chi connectivity index (χ1) is 19.6. The Hall–Kier alpha value is -4.88. The van der Waals surface area contributed by atoms with Gasteiger partial charge in [0.15, 0.2) is 0 Å². The maximum absolute atomic E-state index is 2.46. The van der Waals surface area contributed by atoms with Crippen LogP contribution in [0.25, 0.3) is 43.4 Å². The van der Waals surface area contributed by atoms with Gasteiger partial charge in [-0.05, 0) is 97.0 Å². The van der Waals surface area contributed by atoms with Crippen molar-refractivity contribution in [1.82, 2.24) is 0 Å². The zero-order chi connectivity index (χ0) is 26.8. The Labute approximate surface area is 234 Å². The summed E-state index contributed by atoms with van der Waals surface area (Å²) >= 11 is 0. The minimum atomic E-state index is -0.156. The number of anilines is 3. The van der Waals surface area contributed by atoms with Crippen molar-refractivity contribution in [3.63, 3.8) is 0 Å². The van der Waals surface area contributed by atoms with Crippen LogP contribution in [0.1, 0.15) is 25.0 Å². The van der Waals surface area contributed by atoms with Crippen molar-refractivity contribution < 1.29 is 0 Å². The van der Waals surface area contributed by atoms with Crippen LogP contribution in [0, 0.1) is 0 Å². The smallest absolute Gasteiger partial charge is 0.0508 e. The molecule has 0 aromatic heterocycles. The predicted octanol–water partition coefficient (Wildman–Crippen LogP) is 10.9. The van der Waals surface area contributed by atoms with Gasteiger partial charge in [-0.1, -0.05) is 111 Å². The quantitative estimate of drug-likeness (QED) is 0.228. The van der Waals surface area contributed by atoms with E-state index in [2.05, 4.69) is 158 Å². The van der Waals surface area contributed by atoms with Gasteiger partial charge in [-0.2, -0.15) is 0 Å². The average molecular weight is 512 g/mol. The molecule has 0 amide bonds. The third-order valence-electron chi connectivity index (χ3n) is 8.74. The number of nitrogens with zero attached hydrogens (tertiary/aromatic N) is 1. The Morgan fingerprint density at radius 1 is 0.425 bits per heavy atom. The number of fused-ring (bicyclic) bond motifs is 6. The molecule has 0 N–H and O–H groups in total. The van der Waals surface area contributed by atoms with Crippen LogP contribution in [0.4, 0.5) is 17.1 Å². The van der Waals surface area contributed by atoms with Crippen LogP contribution in [0.5, 0.6) is 0 Å². The Balaban J connectivity index is 1.41. The molecule has 7 aromatic rings. The molecule has 1 aliphatic rings. The van der Waals surface area contributed by atoms with Crippen molar-refractivity contribution in [2.24, 2.45) is 0 Å². The van der Waals surface area contributed by atoms with Gasteiger partial charge in [0.1, 0.15) is 0 Å². The van der Waals surface area contributed by atoms with Crippen molar-refractivity contribution in [3.05, 3.63) is 151 Å². The predicted molar refractivity (Wildman–Crippen MR) is 171 cm³/mol. The van der Waals surface area contributed by atoms with Gasteiger partial charge in [-0.25, -0.2) is 0 Å². The van der Waals surface area contributed by atoms with Gasteiger partial charge in [-0.15, -0.1) is 0 Å². The first kappa shape index (κ1) is 23.0. The number of rotatable bonds is 3. The van der Waals surface area contributed by atoms with Gasteiger partial charge >= 0.3 is 0 Å². The molecule has 0 spiro atoms. The van der Waals surface area contributed by atoms with Gasteiger partial charge in [0.05, 0.1) is 5.69 Å². The maximum Gasteiger partial charge on any atom is 0.0508 e. The molecule has 1 aliphatic carbocycles. The number of hydrogen-bond donors (Lipinski definition) is 0. The topological polar surface area (TPSA) is 3.24 Å². The highest BCUT2D eigenvalue weighted by Gasteiger charge is 2.39. The summed E-state index contributed by atoms with van der Waals surface area (Å²) in [4.78, 5) is 2.46. The first-order valence-corrected chi connectivity index (χ1v) is 14.0. The normalized spacial score (nSPS) is 13.4. The fourth-order valence-electron chi connectivity index (χ4n) is 6.78. The van der Waals surface area contributed by atoms with Gasteiger partial charge in [0.2, 0.25) is 0 Å². The first-order valence-electron chi connectivity index (χ1n) is 14.0. The summed E-state index contributed by atoms with van der Waals surface area (Å²) in [6.07, 6.45) is 0. The molecule has 0 saturated carbocycles. The van der Waals surface area contributed by atoms with Gasteiger partial charge in [0, 0.05) is 16.8 Å². The lowest BCUT2D eigenvalue weighted by molar-refractivity contribution is 0.661. The standard InChI is InChI=1S/C39H29N/c1-39(2)36-25-31-15-8-7-14-30(31)24-35(36)34-16-9-17-37(38(34)39)40(32-20-18-26-10-3-5-12-28(26)22-32)33-21-19-27-11-4-6-13-29(27)23-33/h3-25H,1-2H3. The van der Waals surface area contributed by atoms with Crippen LogP contribution in [0.2, 0.25) is 0 Å². The molecule has 190 valence electrons. The Bertz CT molecular complexity index is 2020. The van der Waals surface area contributed by atoms with Crippen LogP contribution in [-0.4, -0.2) is 0 Å². The monoisotopic (exact) mass is 511 g/mol. The molecular formula is C39H29N. The van der Waals surface area contributed by atoms with Crippen LogP contribution in [-0.2, 0) is 5.41 Å². The van der Waals surface area contributed by atoms with E-state index >= 15 is 0 Å².